The van der Waals surface area contributed by atoms with Crippen LogP contribution in [0.4, 0.5) is 0 Å². The normalized spacial score (nSPS) is 16.0. The third kappa shape index (κ3) is 3.42. The predicted molar refractivity (Wildman–Crippen MR) is 79.3 cm³/mol. The van der Waals surface area contributed by atoms with E-state index in [4.69, 9.17) is 11.6 Å². The molecule has 110 valence electrons. The lowest BCUT2D eigenvalue weighted by Gasteiger charge is -2.10. The molecule has 1 aromatic heterocycles. The van der Waals surface area contributed by atoms with Gasteiger partial charge in [-0.2, -0.15) is 0 Å². The van der Waals surface area contributed by atoms with Crippen LogP contribution in [-0.2, 0) is 11.3 Å². The van der Waals surface area contributed by atoms with Gasteiger partial charge in [-0.3, -0.25) is 9.59 Å². The van der Waals surface area contributed by atoms with E-state index >= 15 is 0 Å². The Hall–Kier alpha value is -1.29. The standard InChI is InChI=1S/C15H21ClN2O2/c1-9-8-13(15(20)10(2)16)11(3)18(9)7-6-14(19)17-12-4-5-12/h8,10,12H,4-7H2,1-3H3,(H,17,19). The number of nitrogens with zero attached hydrogens (tertiary/aromatic N) is 1. The number of hydrogen-bond donors (Lipinski definition) is 1. The maximum atomic E-state index is 12.0. The van der Waals surface area contributed by atoms with Crippen LogP contribution in [0.15, 0.2) is 6.07 Å². The lowest BCUT2D eigenvalue weighted by molar-refractivity contribution is -0.121. The molecule has 1 amide bonds. The molecule has 5 heteroatoms. The quantitative estimate of drug-likeness (QED) is 0.648. The summed E-state index contributed by atoms with van der Waals surface area (Å²) in [6.07, 6.45) is 2.63. The molecule has 1 N–H and O–H groups in total. The van der Waals surface area contributed by atoms with Crippen molar-refractivity contribution in [3.63, 3.8) is 0 Å². The molecule has 0 spiro atoms. The van der Waals surface area contributed by atoms with Gasteiger partial charge in [0.1, 0.15) is 0 Å². The molecular weight excluding hydrogens is 276 g/mol. The Balaban J connectivity index is 2.03. The number of Topliss-reactive ketones (excluding diaryl/α,β-unsaturated/α-hetero) is 1. The van der Waals surface area contributed by atoms with Crippen molar-refractivity contribution in [3.8, 4) is 0 Å². The number of carbonyl (C=O) groups is 2. The molecule has 20 heavy (non-hydrogen) atoms. The zero-order chi connectivity index (χ0) is 14.9. The number of ketones is 1. The summed E-state index contributed by atoms with van der Waals surface area (Å²) >= 11 is 5.87. The molecule has 1 saturated carbocycles. The number of alkyl halides is 1. The number of halogens is 1. The summed E-state index contributed by atoms with van der Waals surface area (Å²) in [6, 6.07) is 2.25. The van der Waals surface area contributed by atoms with Crippen LogP contribution in [0.2, 0.25) is 0 Å². The SMILES string of the molecule is Cc1cc(C(=O)C(C)Cl)c(C)n1CCC(=O)NC1CC1. The second-order valence-electron chi connectivity index (χ2n) is 5.51. The Morgan fingerprint density at radius 3 is 2.65 bits per heavy atom. The fourth-order valence-corrected chi connectivity index (χ4v) is 2.47. The van der Waals surface area contributed by atoms with Gasteiger partial charge in [0, 0.05) is 36.0 Å². The monoisotopic (exact) mass is 296 g/mol. The van der Waals surface area contributed by atoms with Crippen LogP contribution in [0.1, 0.15) is 47.9 Å². The van der Waals surface area contributed by atoms with Crippen LogP contribution >= 0.6 is 11.6 Å². The van der Waals surface area contributed by atoms with Crippen LogP contribution in [0, 0.1) is 13.8 Å². The summed E-state index contributed by atoms with van der Waals surface area (Å²) in [6.45, 7) is 6.12. The summed E-state index contributed by atoms with van der Waals surface area (Å²) in [5.41, 5.74) is 2.54. The molecule has 1 atom stereocenters. The second-order valence-corrected chi connectivity index (χ2v) is 6.16. The molecule has 1 unspecified atom stereocenters. The van der Waals surface area contributed by atoms with Crippen LogP contribution in [-0.4, -0.2) is 27.7 Å². The van der Waals surface area contributed by atoms with Crippen LogP contribution in [0.5, 0.6) is 0 Å². The van der Waals surface area contributed by atoms with Gasteiger partial charge >= 0.3 is 0 Å². The number of hydrogen-bond acceptors (Lipinski definition) is 2. The fourth-order valence-electron chi connectivity index (χ4n) is 2.35. The molecule has 0 aliphatic heterocycles. The third-order valence-corrected chi connectivity index (χ3v) is 3.90. The number of aryl methyl sites for hydroxylation is 1. The van der Waals surface area contributed by atoms with Crippen LogP contribution in [0.3, 0.4) is 0 Å². The minimum Gasteiger partial charge on any atom is -0.353 e. The fraction of sp³-hybridized carbons (Fsp3) is 0.600. The van der Waals surface area contributed by atoms with Crippen molar-refractivity contribution in [2.24, 2.45) is 0 Å². The molecule has 0 saturated heterocycles. The van der Waals surface area contributed by atoms with Gasteiger partial charge in [-0.25, -0.2) is 0 Å². The zero-order valence-corrected chi connectivity index (χ0v) is 13.0. The van der Waals surface area contributed by atoms with Gasteiger partial charge in [0.2, 0.25) is 5.91 Å². The van der Waals surface area contributed by atoms with E-state index in [9.17, 15) is 9.59 Å². The minimum absolute atomic E-state index is 0.0616. The van der Waals surface area contributed by atoms with E-state index in [-0.39, 0.29) is 11.7 Å². The Morgan fingerprint density at radius 1 is 1.45 bits per heavy atom. The second kappa shape index (κ2) is 6.00. The molecule has 0 radical (unpaired) electrons. The smallest absolute Gasteiger partial charge is 0.222 e. The summed E-state index contributed by atoms with van der Waals surface area (Å²) in [7, 11) is 0. The molecule has 1 heterocycles. The summed E-state index contributed by atoms with van der Waals surface area (Å²) in [5, 5.41) is 2.44. The number of amides is 1. The topological polar surface area (TPSA) is 51.1 Å². The average molecular weight is 297 g/mol. The Morgan fingerprint density at radius 2 is 2.10 bits per heavy atom. The van der Waals surface area contributed by atoms with Gasteiger partial charge < -0.3 is 9.88 Å². The van der Waals surface area contributed by atoms with Gasteiger partial charge in [0.05, 0.1) is 5.38 Å². The van der Waals surface area contributed by atoms with Gasteiger partial charge in [-0.05, 0) is 39.7 Å². The predicted octanol–water partition coefficient (Wildman–Crippen LogP) is 2.58. The van der Waals surface area contributed by atoms with Crippen molar-refractivity contribution in [2.45, 2.75) is 58.0 Å². The highest BCUT2D eigenvalue weighted by molar-refractivity contribution is 6.33. The van der Waals surface area contributed by atoms with E-state index in [2.05, 4.69) is 5.32 Å². The Labute approximate surface area is 124 Å². The van der Waals surface area contributed by atoms with Gasteiger partial charge in [0.15, 0.2) is 5.78 Å². The van der Waals surface area contributed by atoms with Crippen LogP contribution < -0.4 is 5.32 Å². The molecular formula is C15H21ClN2O2. The third-order valence-electron chi connectivity index (χ3n) is 3.71. The van der Waals surface area contributed by atoms with E-state index in [0.717, 1.165) is 24.2 Å². The van der Waals surface area contributed by atoms with Gasteiger partial charge in [-0.1, -0.05) is 0 Å². The van der Waals surface area contributed by atoms with E-state index in [1.165, 1.54) is 0 Å². The van der Waals surface area contributed by atoms with Crippen molar-refractivity contribution in [1.29, 1.82) is 0 Å². The lowest BCUT2D eigenvalue weighted by atomic mass is 10.1. The maximum Gasteiger partial charge on any atom is 0.222 e. The molecule has 1 aliphatic rings. The van der Waals surface area contributed by atoms with Crippen LogP contribution in [0.25, 0.3) is 0 Å². The molecule has 1 aromatic rings. The highest BCUT2D eigenvalue weighted by Crippen LogP contribution is 2.20. The van der Waals surface area contributed by atoms with Gasteiger partial charge in [-0.15, -0.1) is 11.6 Å². The molecule has 0 bridgehead atoms. The van der Waals surface area contributed by atoms with E-state index in [1.54, 1.807) is 6.92 Å². The van der Waals surface area contributed by atoms with Gasteiger partial charge in [0.25, 0.3) is 0 Å². The first-order valence-electron chi connectivity index (χ1n) is 7.04. The molecule has 4 nitrogen and oxygen atoms in total. The van der Waals surface area contributed by atoms with E-state index in [1.807, 2.05) is 24.5 Å². The zero-order valence-electron chi connectivity index (χ0n) is 12.2. The van der Waals surface area contributed by atoms with Crippen molar-refractivity contribution >= 4 is 23.3 Å². The molecule has 1 fully saturated rings. The number of nitrogens with one attached hydrogen (secondary N) is 1. The van der Waals surface area contributed by atoms with E-state index < -0.39 is 5.38 Å². The number of aromatic nitrogens is 1. The Bertz CT molecular complexity index is 530. The number of rotatable bonds is 6. The largest absolute Gasteiger partial charge is 0.353 e. The van der Waals surface area contributed by atoms with Crippen molar-refractivity contribution in [3.05, 3.63) is 23.0 Å². The Kier molecular flexibility index (Phi) is 4.53. The highest BCUT2D eigenvalue weighted by Gasteiger charge is 2.23. The summed E-state index contributed by atoms with van der Waals surface area (Å²) < 4.78 is 2.01. The molecule has 0 aromatic carbocycles. The van der Waals surface area contributed by atoms with Crippen molar-refractivity contribution < 1.29 is 9.59 Å². The first kappa shape index (κ1) is 15.1. The molecule has 2 rings (SSSR count). The molecule has 1 aliphatic carbocycles. The summed E-state index contributed by atoms with van der Waals surface area (Å²) in [5.74, 6) is 0.0204. The van der Waals surface area contributed by atoms with E-state index in [0.29, 0.717) is 24.6 Å². The number of carbonyl (C=O) groups excluding carboxylic acids is 2. The summed E-state index contributed by atoms with van der Waals surface area (Å²) in [4.78, 5) is 23.7. The van der Waals surface area contributed by atoms with Crippen molar-refractivity contribution in [1.82, 2.24) is 9.88 Å². The first-order chi connectivity index (χ1) is 9.40. The average Bonchev–Trinajstić information content (AvgIpc) is 3.13. The maximum absolute atomic E-state index is 12.0. The lowest BCUT2D eigenvalue weighted by Crippen LogP contribution is -2.26. The minimum atomic E-state index is -0.526. The highest BCUT2D eigenvalue weighted by atomic mass is 35.5. The van der Waals surface area contributed by atoms with Crippen molar-refractivity contribution in [2.75, 3.05) is 0 Å². The first-order valence-corrected chi connectivity index (χ1v) is 7.48.